The summed E-state index contributed by atoms with van der Waals surface area (Å²) < 4.78 is 1.06. The minimum atomic E-state index is -0.0626. The van der Waals surface area contributed by atoms with Crippen molar-refractivity contribution in [3.05, 3.63) is 34.7 Å². The Kier molecular flexibility index (Phi) is 2.01. The van der Waals surface area contributed by atoms with Crippen molar-refractivity contribution in [3.63, 3.8) is 0 Å². The highest BCUT2D eigenvalue weighted by Gasteiger charge is 2.09. The van der Waals surface area contributed by atoms with E-state index in [1.165, 1.54) is 11.3 Å². The quantitative estimate of drug-likeness (QED) is 0.747. The van der Waals surface area contributed by atoms with Crippen LogP contribution in [0.1, 0.15) is 10.4 Å². The lowest BCUT2D eigenvalue weighted by molar-refractivity contribution is 0.283. The van der Waals surface area contributed by atoms with Crippen molar-refractivity contribution >= 4 is 21.4 Å². The molecule has 0 amide bonds. The van der Waals surface area contributed by atoms with E-state index in [-0.39, 0.29) is 6.61 Å². The molecule has 0 spiro atoms. The summed E-state index contributed by atoms with van der Waals surface area (Å²) in [5.74, 6) is 0. The van der Waals surface area contributed by atoms with Gasteiger partial charge in [-0.2, -0.15) is 5.26 Å². The number of nitriles is 1. The van der Waals surface area contributed by atoms with E-state index in [1.54, 1.807) is 0 Å². The number of hydrogen-bond acceptors (Lipinski definition) is 3. The maximum absolute atomic E-state index is 9.09. The highest BCUT2D eigenvalue weighted by atomic mass is 32.1. The Morgan fingerprint density at radius 1 is 1.38 bits per heavy atom. The average Bonchev–Trinajstić information content (AvgIpc) is 2.55. The van der Waals surface area contributed by atoms with E-state index in [0.717, 1.165) is 15.6 Å². The number of fused-ring (bicyclic) bond motifs is 1. The summed E-state index contributed by atoms with van der Waals surface area (Å²) in [5.41, 5.74) is 0.753. The van der Waals surface area contributed by atoms with E-state index in [1.807, 2.05) is 24.3 Å². The normalized spacial score (nSPS) is 10.2. The SMILES string of the molecule is N#Cc1sc2ccccc2c1CO. The molecule has 0 aliphatic rings. The smallest absolute Gasteiger partial charge is 0.111 e. The molecule has 1 aromatic carbocycles. The Morgan fingerprint density at radius 2 is 2.15 bits per heavy atom. The number of hydrogen-bond donors (Lipinski definition) is 1. The number of rotatable bonds is 1. The van der Waals surface area contributed by atoms with E-state index < -0.39 is 0 Å². The molecule has 1 N–H and O–H groups in total. The topological polar surface area (TPSA) is 44.0 Å². The Bertz CT molecular complexity index is 481. The van der Waals surface area contributed by atoms with Crippen molar-refractivity contribution in [1.29, 1.82) is 5.26 Å². The lowest BCUT2D eigenvalue weighted by Gasteiger charge is -1.92. The Morgan fingerprint density at radius 3 is 2.85 bits per heavy atom. The third-order valence-electron chi connectivity index (χ3n) is 1.96. The highest BCUT2D eigenvalue weighted by molar-refractivity contribution is 7.19. The van der Waals surface area contributed by atoms with Crippen LogP contribution < -0.4 is 0 Å². The Labute approximate surface area is 79.7 Å². The molecule has 1 heterocycles. The van der Waals surface area contributed by atoms with Gasteiger partial charge in [0.2, 0.25) is 0 Å². The fraction of sp³-hybridized carbons (Fsp3) is 0.100. The van der Waals surface area contributed by atoms with Gasteiger partial charge >= 0.3 is 0 Å². The van der Waals surface area contributed by atoms with Gasteiger partial charge in [0, 0.05) is 10.3 Å². The molecule has 0 aliphatic carbocycles. The largest absolute Gasteiger partial charge is 0.392 e. The molecule has 13 heavy (non-hydrogen) atoms. The van der Waals surface area contributed by atoms with Crippen molar-refractivity contribution in [3.8, 4) is 6.07 Å². The van der Waals surface area contributed by atoms with Crippen LogP contribution >= 0.6 is 11.3 Å². The predicted octanol–water partition coefficient (Wildman–Crippen LogP) is 2.27. The minimum Gasteiger partial charge on any atom is -0.392 e. The standard InChI is InChI=1S/C10H7NOS/c11-5-10-8(6-12)7-3-1-2-4-9(7)13-10/h1-4,12H,6H2. The molecule has 2 rings (SSSR count). The zero-order valence-corrected chi connectivity index (χ0v) is 7.64. The van der Waals surface area contributed by atoms with Gasteiger partial charge in [0.05, 0.1) is 6.61 Å². The molecule has 3 heteroatoms. The third-order valence-corrected chi connectivity index (χ3v) is 3.08. The van der Waals surface area contributed by atoms with Gasteiger partial charge in [-0.05, 0) is 11.5 Å². The van der Waals surface area contributed by atoms with Gasteiger partial charge in [-0.3, -0.25) is 0 Å². The van der Waals surface area contributed by atoms with Crippen molar-refractivity contribution < 1.29 is 5.11 Å². The third kappa shape index (κ3) is 1.21. The fourth-order valence-electron chi connectivity index (χ4n) is 1.35. The summed E-state index contributed by atoms with van der Waals surface area (Å²) in [6, 6.07) is 9.83. The first-order chi connectivity index (χ1) is 6.36. The summed E-state index contributed by atoms with van der Waals surface area (Å²) in [4.78, 5) is 0.615. The first-order valence-electron chi connectivity index (χ1n) is 3.88. The van der Waals surface area contributed by atoms with Crippen molar-refractivity contribution in [2.45, 2.75) is 6.61 Å². The zero-order valence-electron chi connectivity index (χ0n) is 6.82. The van der Waals surface area contributed by atoms with Crippen LogP contribution in [0.4, 0.5) is 0 Å². The van der Waals surface area contributed by atoms with Crippen molar-refractivity contribution in [2.75, 3.05) is 0 Å². The molecule has 0 unspecified atom stereocenters. The van der Waals surface area contributed by atoms with Gasteiger partial charge < -0.3 is 5.11 Å². The maximum Gasteiger partial charge on any atom is 0.111 e. The lowest BCUT2D eigenvalue weighted by atomic mass is 10.1. The van der Waals surface area contributed by atoms with Crippen LogP contribution in [-0.4, -0.2) is 5.11 Å². The van der Waals surface area contributed by atoms with Crippen LogP contribution in [0.2, 0.25) is 0 Å². The van der Waals surface area contributed by atoms with Crippen molar-refractivity contribution in [2.24, 2.45) is 0 Å². The second-order valence-corrected chi connectivity index (χ2v) is 3.73. The minimum absolute atomic E-state index is 0.0626. The first-order valence-corrected chi connectivity index (χ1v) is 4.70. The summed E-state index contributed by atoms with van der Waals surface area (Å²) in [7, 11) is 0. The number of aliphatic hydroxyl groups excluding tert-OH is 1. The molecule has 1 aromatic heterocycles. The average molecular weight is 189 g/mol. The molecular weight excluding hydrogens is 182 g/mol. The van der Waals surface area contributed by atoms with Crippen LogP contribution in [0.25, 0.3) is 10.1 Å². The monoisotopic (exact) mass is 189 g/mol. The van der Waals surface area contributed by atoms with Gasteiger partial charge in [-0.1, -0.05) is 18.2 Å². The molecule has 0 radical (unpaired) electrons. The second kappa shape index (κ2) is 3.17. The van der Waals surface area contributed by atoms with Crippen LogP contribution in [0.15, 0.2) is 24.3 Å². The molecule has 2 aromatic rings. The summed E-state index contributed by atoms with van der Waals surface area (Å²) in [5, 5.41) is 18.9. The number of aliphatic hydroxyl groups is 1. The molecule has 64 valence electrons. The molecule has 0 atom stereocenters. The van der Waals surface area contributed by atoms with E-state index >= 15 is 0 Å². The number of thiophene rings is 1. The summed E-state index contributed by atoms with van der Waals surface area (Å²) in [6.07, 6.45) is 0. The van der Waals surface area contributed by atoms with Gasteiger partial charge in [-0.15, -0.1) is 11.3 Å². The first kappa shape index (κ1) is 8.24. The molecular formula is C10H7NOS. The zero-order chi connectivity index (χ0) is 9.26. The van der Waals surface area contributed by atoms with Gasteiger partial charge in [-0.25, -0.2) is 0 Å². The molecule has 0 fully saturated rings. The van der Waals surface area contributed by atoms with E-state index in [0.29, 0.717) is 4.88 Å². The summed E-state index contributed by atoms with van der Waals surface area (Å²) >= 11 is 1.43. The molecule has 0 aliphatic heterocycles. The Balaban J connectivity index is 2.83. The summed E-state index contributed by atoms with van der Waals surface area (Å²) in [6.45, 7) is -0.0626. The predicted molar refractivity (Wildman–Crippen MR) is 52.5 cm³/mol. The van der Waals surface area contributed by atoms with Crippen LogP contribution in [-0.2, 0) is 6.61 Å². The molecule has 2 nitrogen and oxygen atoms in total. The van der Waals surface area contributed by atoms with Crippen molar-refractivity contribution in [1.82, 2.24) is 0 Å². The number of benzene rings is 1. The van der Waals surface area contributed by atoms with E-state index in [4.69, 9.17) is 10.4 Å². The molecule has 0 saturated heterocycles. The lowest BCUT2D eigenvalue weighted by Crippen LogP contribution is -1.82. The van der Waals surface area contributed by atoms with Gasteiger partial charge in [0.25, 0.3) is 0 Å². The van der Waals surface area contributed by atoms with E-state index in [9.17, 15) is 0 Å². The molecule has 0 bridgehead atoms. The van der Waals surface area contributed by atoms with Gasteiger partial charge in [0.1, 0.15) is 10.9 Å². The fourth-order valence-corrected chi connectivity index (χ4v) is 2.36. The second-order valence-electron chi connectivity index (χ2n) is 2.68. The van der Waals surface area contributed by atoms with Crippen LogP contribution in [0, 0.1) is 11.3 Å². The Hall–Kier alpha value is -1.37. The molecule has 0 saturated carbocycles. The van der Waals surface area contributed by atoms with Crippen LogP contribution in [0.3, 0.4) is 0 Å². The van der Waals surface area contributed by atoms with Gasteiger partial charge in [0.15, 0.2) is 0 Å². The van der Waals surface area contributed by atoms with E-state index in [2.05, 4.69) is 6.07 Å². The maximum atomic E-state index is 9.09. The number of nitrogens with zero attached hydrogens (tertiary/aromatic N) is 1. The highest BCUT2D eigenvalue weighted by Crippen LogP contribution is 2.30. The van der Waals surface area contributed by atoms with Crippen LogP contribution in [0.5, 0.6) is 0 Å².